The monoisotopic (exact) mass is 304 g/mol. The van der Waals surface area contributed by atoms with Crippen molar-refractivity contribution in [1.29, 1.82) is 0 Å². The maximum atomic E-state index is 12.0. The molecule has 2 nitrogen and oxygen atoms in total. The Hall–Kier alpha value is -1.90. The van der Waals surface area contributed by atoms with E-state index in [2.05, 4.69) is 0 Å². The van der Waals surface area contributed by atoms with Crippen molar-refractivity contribution >= 4 is 40.3 Å². The molecule has 0 bridgehead atoms. The lowest BCUT2D eigenvalue weighted by Gasteiger charge is -2.00. The van der Waals surface area contributed by atoms with E-state index in [1.165, 1.54) is 6.08 Å². The molecule has 0 atom stereocenters. The van der Waals surface area contributed by atoms with Gasteiger partial charge in [0.05, 0.1) is 0 Å². The summed E-state index contributed by atoms with van der Waals surface area (Å²) in [5.41, 5.74) is 1.45. The van der Waals surface area contributed by atoms with Gasteiger partial charge < -0.3 is 0 Å². The first kappa shape index (κ1) is 14.5. The number of ketones is 1. The van der Waals surface area contributed by atoms with Crippen molar-refractivity contribution in [3.8, 4) is 0 Å². The minimum atomic E-state index is -0.555. The molecule has 20 heavy (non-hydrogen) atoms. The Bertz CT molecular complexity index is 690. The molecule has 0 heterocycles. The maximum Gasteiger partial charge on any atom is 0.252 e. The molecule has 0 amide bonds. The highest BCUT2D eigenvalue weighted by molar-refractivity contribution is 6.68. The van der Waals surface area contributed by atoms with Gasteiger partial charge in [-0.05, 0) is 41.4 Å². The van der Waals surface area contributed by atoms with Gasteiger partial charge in [0.1, 0.15) is 0 Å². The van der Waals surface area contributed by atoms with Gasteiger partial charge in [-0.2, -0.15) is 0 Å². The second-order valence-electron chi connectivity index (χ2n) is 4.07. The van der Waals surface area contributed by atoms with Crippen LogP contribution < -0.4 is 0 Å². The van der Waals surface area contributed by atoms with Crippen molar-refractivity contribution in [2.45, 2.75) is 0 Å². The predicted molar refractivity (Wildman–Crippen MR) is 81.4 cm³/mol. The van der Waals surface area contributed by atoms with Gasteiger partial charge in [0.15, 0.2) is 5.78 Å². The van der Waals surface area contributed by atoms with Gasteiger partial charge in [-0.15, -0.1) is 0 Å². The van der Waals surface area contributed by atoms with Crippen molar-refractivity contribution in [2.75, 3.05) is 0 Å². The fourth-order valence-electron chi connectivity index (χ4n) is 1.72. The van der Waals surface area contributed by atoms with Gasteiger partial charge in [0, 0.05) is 16.1 Å². The number of hydrogen-bond donors (Lipinski definition) is 0. The van der Waals surface area contributed by atoms with Crippen molar-refractivity contribution < 1.29 is 9.59 Å². The van der Waals surface area contributed by atoms with Gasteiger partial charge in [0.25, 0.3) is 5.24 Å². The van der Waals surface area contributed by atoms with Crippen molar-refractivity contribution in [3.05, 3.63) is 76.3 Å². The highest BCUT2D eigenvalue weighted by Gasteiger charge is 2.07. The van der Waals surface area contributed by atoms with E-state index in [4.69, 9.17) is 23.2 Å². The van der Waals surface area contributed by atoms with Crippen LogP contribution in [0.15, 0.2) is 54.6 Å². The Morgan fingerprint density at radius 1 is 1.00 bits per heavy atom. The molecule has 0 N–H and O–H groups in total. The zero-order valence-corrected chi connectivity index (χ0v) is 11.9. The minimum absolute atomic E-state index is 0.190. The average molecular weight is 305 g/mol. The third kappa shape index (κ3) is 3.56. The van der Waals surface area contributed by atoms with E-state index in [-0.39, 0.29) is 5.78 Å². The lowest BCUT2D eigenvalue weighted by molar-refractivity contribution is 0.104. The van der Waals surface area contributed by atoms with Gasteiger partial charge in [0.2, 0.25) is 0 Å². The molecule has 0 aromatic heterocycles. The van der Waals surface area contributed by atoms with Crippen LogP contribution >= 0.6 is 23.2 Å². The Labute approximate surface area is 126 Å². The molecular weight excluding hydrogens is 295 g/mol. The Kier molecular flexibility index (Phi) is 4.72. The molecule has 0 saturated heterocycles. The van der Waals surface area contributed by atoms with E-state index in [9.17, 15) is 9.59 Å². The second-order valence-corrected chi connectivity index (χ2v) is 4.85. The first-order valence-corrected chi connectivity index (χ1v) is 6.60. The lowest BCUT2D eigenvalue weighted by atomic mass is 10.1. The van der Waals surface area contributed by atoms with Crippen LogP contribution in [0.5, 0.6) is 0 Å². The fraction of sp³-hybridized carbons (Fsp3) is 0. The smallest absolute Gasteiger partial charge is 0.252 e. The number of carbonyl (C=O) groups excluding carboxylic acids is 2. The zero-order chi connectivity index (χ0) is 14.5. The molecule has 2 aromatic carbocycles. The molecule has 2 aromatic rings. The van der Waals surface area contributed by atoms with Crippen molar-refractivity contribution in [3.63, 3.8) is 0 Å². The number of benzene rings is 2. The van der Waals surface area contributed by atoms with Crippen LogP contribution in [0, 0.1) is 0 Å². The molecule has 4 heteroatoms. The summed E-state index contributed by atoms with van der Waals surface area (Å²) in [5, 5.41) is -0.0546. The third-order valence-electron chi connectivity index (χ3n) is 2.70. The number of halogens is 2. The van der Waals surface area contributed by atoms with E-state index in [1.54, 1.807) is 54.6 Å². The van der Waals surface area contributed by atoms with Crippen molar-refractivity contribution in [1.82, 2.24) is 0 Å². The second kappa shape index (κ2) is 6.51. The molecule has 0 fully saturated rings. The highest BCUT2D eigenvalue weighted by Crippen LogP contribution is 2.15. The van der Waals surface area contributed by atoms with E-state index < -0.39 is 5.24 Å². The molecule has 100 valence electrons. The maximum absolute atomic E-state index is 12.0. The summed E-state index contributed by atoms with van der Waals surface area (Å²) in [4.78, 5) is 23.2. The topological polar surface area (TPSA) is 34.1 Å². The number of carbonyl (C=O) groups is 2. The Morgan fingerprint density at radius 2 is 1.75 bits per heavy atom. The molecule has 0 aliphatic rings. The van der Waals surface area contributed by atoms with Crippen LogP contribution in [0.1, 0.15) is 26.3 Å². The van der Waals surface area contributed by atoms with Gasteiger partial charge in [-0.3, -0.25) is 9.59 Å². The van der Waals surface area contributed by atoms with Crippen LogP contribution in [-0.4, -0.2) is 11.0 Å². The standard InChI is InChI=1S/C16H10Cl2O2/c17-13-6-3-5-12(10-13)15(19)9-8-11-4-1-2-7-14(11)16(18)20/h1-10H. The first-order valence-electron chi connectivity index (χ1n) is 5.85. The molecule has 0 aliphatic heterocycles. The van der Waals surface area contributed by atoms with Crippen LogP contribution in [0.25, 0.3) is 6.08 Å². The molecule has 0 saturated carbocycles. The van der Waals surface area contributed by atoms with E-state index in [1.807, 2.05) is 0 Å². The summed E-state index contributed by atoms with van der Waals surface area (Å²) < 4.78 is 0. The number of allylic oxidation sites excluding steroid dienone is 1. The molecule has 0 spiro atoms. The molecule has 0 radical (unpaired) electrons. The third-order valence-corrected chi connectivity index (χ3v) is 3.13. The van der Waals surface area contributed by atoms with Crippen LogP contribution in [0.4, 0.5) is 0 Å². The molecule has 0 aliphatic carbocycles. The normalized spacial score (nSPS) is 10.7. The van der Waals surface area contributed by atoms with Gasteiger partial charge >= 0.3 is 0 Å². The molecule has 2 rings (SSSR count). The zero-order valence-electron chi connectivity index (χ0n) is 10.3. The number of hydrogen-bond acceptors (Lipinski definition) is 2. The average Bonchev–Trinajstić information content (AvgIpc) is 2.45. The van der Waals surface area contributed by atoms with Crippen LogP contribution in [0.3, 0.4) is 0 Å². The van der Waals surface area contributed by atoms with Gasteiger partial charge in [-0.1, -0.05) is 48.0 Å². The van der Waals surface area contributed by atoms with Crippen LogP contribution in [0.2, 0.25) is 5.02 Å². The lowest BCUT2D eigenvalue weighted by Crippen LogP contribution is -1.95. The van der Waals surface area contributed by atoms with E-state index in [0.717, 1.165) is 0 Å². The highest BCUT2D eigenvalue weighted by atomic mass is 35.5. The summed E-state index contributed by atoms with van der Waals surface area (Å²) >= 11 is 11.3. The summed E-state index contributed by atoms with van der Waals surface area (Å²) in [5.74, 6) is -0.190. The molecular formula is C16H10Cl2O2. The van der Waals surface area contributed by atoms with Crippen molar-refractivity contribution in [2.24, 2.45) is 0 Å². The summed E-state index contributed by atoms with van der Waals surface area (Å²) in [6.45, 7) is 0. The quantitative estimate of drug-likeness (QED) is 0.469. The SMILES string of the molecule is O=C(C=Cc1ccccc1C(=O)Cl)c1cccc(Cl)c1. The summed E-state index contributed by atoms with van der Waals surface area (Å²) in [7, 11) is 0. The van der Waals surface area contributed by atoms with E-state index >= 15 is 0 Å². The van der Waals surface area contributed by atoms with Gasteiger partial charge in [-0.25, -0.2) is 0 Å². The van der Waals surface area contributed by atoms with Crippen LogP contribution in [-0.2, 0) is 0 Å². The molecule has 0 unspecified atom stereocenters. The Balaban J connectivity index is 2.26. The largest absolute Gasteiger partial charge is 0.289 e. The minimum Gasteiger partial charge on any atom is -0.289 e. The summed E-state index contributed by atoms with van der Waals surface area (Å²) in [6.07, 6.45) is 2.96. The summed E-state index contributed by atoms with van der Waals surface area (Å²) in [6, 6.07) is 13.5. The fourth-order valence-corrected chi connectivity index (χ4v) is 2.09. The van der Waals surface area contributed by atoms with E-state index in [0.29, 0.717) is 21.7 Å². The Morgan fingerprint density at radius 3 is 2.45 bits per heavy atom. The number of rotatable bonds is 4. The first-order chi connectivity index (χ1) is 9.58. The predicted octanol–water partition coefficient (Wildman–Crippen LogP) is 4.62.